The van der Waals surface area contributed by atoms with Crippen LogP contribution in [-0.2, 0) is 48.0 Å². The lowest BCUT2D eigenvalue weighted by Crippen LogP contribution is -2.59. The van der Waals surface area contributed by atoms with Crippen LogP contribution in [0.3, 0.4) is 0 Å². The van der Waals surface area contributed by atoms with Gasteiger partial charge < -0.3 is 33.5 Å². The Labute approximate surface area is 348 Å². The van der Waals surface area contributed by atoms with Crippen LogP contribution in [-0.4, -0.2) is 104 Å². The van der Waals surface area contributed by atoms with Crippen molar-refractivity contribution < 1.29 is 56.3 Å². The lowest BCUT2D eigenvalue weighted by Gasteiger charge is -2.48. The molecule has 4 aliphatic heterocycles. The molecule has 0 amide bonds. The highest BCUT2D eigenvalue weighted by atomic mass is 32.2. The second-order valence-corrected chi connectivity index (χ2v) is 19.1. The Morgan fingerprint density at radius 1 is 1.00 bits per heavy atom. The molecule has 1 aromatic rings. The molecule has 5 aliphatic rings. The SMILES string of the molecule is CC[C@H](C)[C@H]1O[C@]2(C=C[C@@H]1C)C[C@@H]1C[C@@H](C/C=C(\C)[C@@H](OC(C)=O)[C@@H](C)/C=C/C=C3\CO[C@@H]4[C@H](OC(=O)c5ccc(S(=O)(=O)N(C)C)cc5)C(C)=C[C@@H](C(=O)O1)[C@]34O)O2. The van der Waals surface area contributed by atoms with E-state index < -0.39 is 75.8 Å². The number of esters is 3. The molecule has 59 heavy (non-hydrogen) atoms. The molecule has 13 nitrogen and oxygen atoms in total. The second-order valence-electron chi connectivity index (χ2n) is 17.0. The zero-order chi connectivity index (χ0) is 43.0. The summed E-state index contributed by atoms with van der Waals surface area (Å²) in [5.74, 6) is -4.19. The molecule has 1 spiro atoms. The van der Waals surface area contributed by atoms with Crippen molar-refractivity contribution in [3.63, 3.8) is 0 Å². The van der Waals surface area contributed by atoms with E-state index >= 15 is 0 Å². The third-order valence-electron chi connectivity index (χ3n) is 12.4. The van der Waals surface area contributed by atoms with E-state index in [4.69, 9.17) is 28.4 Å². The van der Waals surface area contributed by atoms with Crippen LogP contribution in [0, 0.1) is 23.7 Å². The summed E-state index contributed by atoms with van der Waals surface area (Å²) in [6.07, 6.45) is 10.7. The van der Waals surface area contributed by atoms with Crippen molar-refractivity contribution >= 4 is 27.9 Å². The summed E-state index contributed by atoms with van der Waals surface area (Å²) in [7, 11) is -0.899. The third kappa shape index (κ3) is 9.08. The summed E-state index contributed by atoms with van der Waals surface area (Å²) in [4.78, 5) is 40.5. The van der Waals surface area contributed by atoms with Crippen LogP contribution in [0.25, 0.3) is 0 Å². The summed E-state index contributed by atoms with van der Waals surface area (Å²) in [5, 5.41) is 12.8. The topological polar surface area (TPSA) is 164 Å². The van der Waals surface area contributed by atoms with E-state index in [2.05, 4.69) is 26.8 Å². The molecule has 0 radical (unpaired) electrons. The smallest absolute Gasteiger partial charge is 0.338 e. The highest BCUT2D eigenvalue weighted by molar-refractivity contribution is 7.89. The van der Waals surface area contributed by atoms with E-state index in [1.165, 1.54) is 45.3 Å². The number of nitrogens with zero attached hydrogens (tertiary/aromatic N) is 1. The van der Waals surface area contributed by atoms with Gasteiger partial charge in [-0.25, -0.2) is 17.5 Å². The van der Waals surface area contributed by atoms with Crippen molar-refractivity contribution in [3.05, 3.63) is 89.1 Å². The first-order valence-corrected chi connectivity index (χ1v) is 22.0. The number of benzene rings is 1. The second kappa shape index (κ2) is 17.6. The molecule has 14 heteroatoms. The molecule has 0 aromatic heterocycles. The Hall–Kier alpha value is -3.92. The number of allylic oxidation sites excluding steroid dienone is 2. The minimum absolute atomic E-state index is 0.00822. The summed E-state index contributed by atoms with van der Waals surface area (Å²) in [5.41, 5.74) is -0.246. The molecule has 1 aromatic carbocycles. The number of carbonyl (C=O) groups is 3. The number of hydrogen-bond donors (Lipinski definition) is 1. The summed E-state index contributed by atoms with van der Waals surface area (Å²) < 4.78 is 64.3. The lowest BCUT2D eigenvalue weighted by molar-refractivity contribution is -0.300. The van der Waals surface area contributed by atoms with Crippen LogP contribution < -0.4 is 0 Å². The van der Waals surface area contributed by atoms with E-state index in [0.29, 0.717) is 24.0 Å². The predicted octanol–water partition coefficient (Wildman–Crippen LogP) is 5.99. The fraction of sp³-hybridized carbons (Fsp3) is 0.578. The molecule has 1 N–H and O–H groups in total. The van der Waals surface area contributed by atoms with Crippen molar-refractivity contribution in [1.82, 2.24) is 4.31 Å². The lowest BCUT2D eigenvalue weighted by atomic mass is 9.70. The van der Waals surface area contributed by atoms with Gasteiger partial charge in [0.1, 0.15) is 29.8 Å². The van der Waals surface area contributed by atoms with Gasteiger partial charge in [-0.2, -0.15) is 0 Å². The van der Waals surface area contributed by atoms with Gasteiger partial charge in [0, 0.05) is 45.7 Å². The maximum Gasteiger partial charge on any atom is 0.338 e. The standard InChI is InChI=1S/C45H59NO12S/c1-10-26(2)39-29(5)20-21-44(58-39)24-35-23-34(57-44)17-14-28(4)38(54-31(7)47)27(3)12-11-13-33-25-53-41-40(30(6)22-37(43(49)55-35)45(33,41)50)56-42(48)32-15-18-36(19-16-32)59(51,52)46(8)9/h11-16,18-22,26-27,29,34-35,37-41,50H,10,17,23-25H2,1-9H3/b12-11+,28-14+,33-13+/t26-,27-,29-,34+,35-,37-,38-,39+,40+,41+,44+,45+/m0/s1. The van der Waals surface area contributed by atoms with Crippen molar-refractivity contribution in [3.8, 4) is 0 Å². The van der Waals surface area contributed by atoms with Crippen molar-refractivity contribution in [2.24, 2.45) is 23.7 Å². The van der Waals surface area contributed by atoms with Crippen molar-refractivity contribution in [2.75, 3.05) is 20.7 Å². The molecule has 1 aliphatic carbocycles. The van der Waals surface area contributed by atoms with Crippen LogP contribution >= 0.6 is 0 Å². The number of ether oxygens (including phenoxy) is 6. The quantitative estimate of drug-likeness (QED) is 0.194. The molecular weight excluding hydrogens is 779 g/mol. The van der Waals surface area contributed by atoms with E-state index in [1.807, 2.05) is 32.1 Å². The van der Waals surface area contributed by atoms with Gasteiger partial charge in [-0.05, 0) is 73.2 Å². The first-order chi connectivity index (χ1) is 27.8. The highest BCUT2D eigenvalue weighted by Crippen LogP contribution is 2.48. The number of hydrogen-bond acceptors (Lipinski definition) is 12. The monoisotopic (exact) mass is 837 g/mol. The van der Waals surface area contributed by atoms with Crippen LogP contribution in [0.4, 0.5) is 0 Å². The van der Waals surface area contributed by atoms with Gasteiger partial charge in [0.2, 0.25) is 10.0 Å². The molecule has 2 bridgehead atoms. The molecule has 0 saturated carbocycles. The zero-order valence-electron chi connectivity index (χ0n) is 35.5. The van der Waals surface area contributed by atoms with Crippen LogP contribution in [0.5, 0.6) is 0 Å². The Balaban J connectivity index is 1.38. The van der Waals surface area contributed by atoms with E-state index in [9.17, 15) is 27.9 Å². The normalized spacial score (nSPS) is 37.8. The maximum absolute atomic E-state index is 14.6. The van der Waals surface area contributed by atoms with Gasteiger partial charge >= 0.3 is 17.9 Å². The van der Waals surface area contributed by atoms with Crippen LogP contribution in [0.1, 0.15) is 84.5 Å². The van der Waals surface area contributed by atoms with Crippen molar-refractivity contribution in [2.45, 2.75) is 127 Å². The summed E-state index contributed by atoms with van der Waals surface area (Å²) in [6.45, 7) is 13.2. The van der Waals surface area contributed by atoms with Gasteiger partial charge in [-0.15, -0.1) is 0 Å². The summed E-state index contributed by atoms with van der Waals surface area (Å²) in [6, 6.07) is 5.37. The molecule has 12 atom stereocenters. The molecule has 4 heterocycles. The Kier molecular flexibility index (Phi) is 13.3. The minimum Gasteiger partial charge on any atom is -0.462 e. The Morgan fingerprint density at radius 3 is 2.37 bits per heavy atom. The molecule has 2 fully saturated rings. The number of carbonyl (C=O) groups excluding carboxylic acids is 3. The van der Waals surface area contributed by atoms with E-state index in [1.54, 1.807) is 25.2 Å². The van der Waals surface area contributed by atoms with Gasteiger partial charge in [-0.1, -0.05) is 70.6 Å². The van der Waals surface area contributed by atoms with Crippen molar-refractivity contribution in [1.29, 1.82) is 0 Å². The first kappa shape index (κ1) is 44.6. The molecule has 6 rings (SSSR count). The largest absolute Gasteiger partial charge is 0.462 e. The van der Waals surface area contributed by atoms with E-state index in [-0.39, 0.29) is 47.3 Å². The van der Waals surface area contributed by atoms with Gasteiger partial charge in [0.15, 0.2) is 11.9 Å². The van der Waals surface area contributed by atoms with Gasteiger partial charge in [-0.3, -0.25) is 9.59 Å². The maximum atomic E-state index is 14.6. The highest BCUT2D eigenvalue weighted by Gasteiger charge is 2.61. The average Bonchev–Trinajstić information content (AvgIpc) is 3.53. The fourth-order valence-electron chi connectivity index (χ4n) is 8.82. The Bertz CT molecular complexity index is 2040. The summed E-state index contributed by atoms with van der Waals surface area (Å²) >= 11 is 0. The third-order valence-corrected chi connectivity index (χ3v) is 14.2. The molecule has 322 valence electrons. The number of fused-ring (bicyclic) bond motifs is 2. The van der Waals surface area contributed by atoms with Crippen LogP contribution in [0.2, 0.25) is 0 Å². The van der Waals surface area contributed by atoms with E-state index in [0.717, 1.165) is 16.3 Å². The molecule has 0 unspecified atom stereocenters. The van der Waals surface area contributed by atoms with Gasteiger partial charge in [0.25, 0.3) is 0 Å². The van der Waals surface area contributed by atoms with Gasteiger partial charge in [0.05, 0.1) is 29.3 Å². The van der Waals surface area contributed by atoms with Crippen LogP contribution in [0.15, 0.2) is 88.4 Å². The molecular formula is C45H59NO12S. The Morgan fingerprint density at radius 2 is 1.71 bits per heavy atom. The number of rotatable bonds is 7. The predicted molar refractivity (Wildman–Crippen MR) is 218 cm³/mol. The minimum atomic E-state index is -3.73. The zero-order valence-corrected chi connectivity index (χ0v) is 36.3. The number of sulfonamides is 1. The fourth-order valence-corrected chi connectivity index (χ4v) is 9.72. The molecule has 2 saturated heterocycles. The first-order valence-electron chi connectivity index (χ1n) is 20.5. The number of aliphatic hydroxyl groups is 1. The average molecular weight is 838 g/mol.